The summed E-state index contributed by atoms with van der Waals surface area (Å²) in [6.07, 6.45) is -1.21. The van der Waals surface area contributed by atoms with Crippen LogP contribution in [0.4, 0.5) is 24.5 Å². The zero-order valence-corrected chi connectivity index (χ0v) is 15.6. The molecule has 3 rings (SSSR count). The highest BCUT2D eigenvalue weighted by molar-refractivity contribution is 7.80. The average molecular weight is 406 g/mol. The molecule has 1 heterocycles. The van der Waals surface area contributed by atoms with Gasteiger partial charge in [0.05, 0.1) is 36.8 Å². The van der Waals surface area contributed by atoms with E-state index in [9.17, 15) is 13.2 Å². The van der Waals surface area contributed by atoms with Crippen LogP contribution < -0.4 is 15.4 Å². The lowest BCUT2D eigenvalue weighted by molar-refractivity contribution is -0.136. The maximum absolute atomic E-state index is 13.1. The van der Waals surface area contributed by atoms with Crippen LogP contribution in [0.15, 0.2) is 60.9 Å². The number of hydrogen-bond acceptors (Lipinski definition) is 3. The Morgan fingerprint density at radius 1 is 1.14 bits per heavy atom. The number of halogens is 3. The van der Waals surface area contributed by atoms with Crippen LogP contribution in [0.25, 0.3) is 0 Å². The molecule has 0 saturated heterocycles. The molecule has 1 aromatic heterocycles. The minimum absolute atomic E-state index is 0.0395. The molecule has 0 aliphatic heterocycles. The lowest BCUT2D eigenvalue weighted by atomic mass is 10.1. The molecule has 0 atom stereocenters. The second kappa shape index (κ2) is 8.30. The molecule has 9 heteroatoms. The number of alkyl halides is 3. The number of benzene rings is 2. The first-order valence-corrected chi connectivity index (χ1v) is 8.65. The van der Waals surface area contributed by atoms with Crippen LogP contribution in [0.1, 0.15) is 11.1 Å². The van der Waals surface area contributed by atoms with Crippen LogP contribution >= 0.6 is 12.2 Å². The summed E-state index contributed by atoms with van der Waals surface area (Å²) in [7, 11) is 1.60. The molecule has 0 saturated carbocycles. The first kappa shape index (κ1) is 19.7. The molecule has 0 bridgehead atoms. The Morgan fingerprint density at radius 3 is 2.68 bits per heavy atom. The second-order valence-electron chi connectivity index (χ2n) is 5.90. The van der Waals surface area contributed by atoms with Gasteiger partial charge in [-0.1, -0.05) is 24.3 Å². The molecule has 3 aromatic rings. The van der Waals surface area contributed by atoms with Crippen LogP contribution in [0.3, 0.4) is 0 Å². The fourth-order valence-electron chi connectivity index (χ4n) is 2.60. The minimum Gasteiger partial charge on any atom is -0.497 e. The summed E-state index contributed by atoms with van der Waals surface area (Å²) in [6, 6.07) is 12.7. The Hall–Kier alpha value is -3.07. The summed E-state index contributed by atoms with van der Waals surface area (Å²) in [6.45, 7) is 0.510. The van der Waals surface area contributed by atoms with Crippen molar-refractivity contribution >= 4 is 28.7 Å². The number of ether oxygens (including phenoxy) is 1. The highest BCUT2D eigenvalue weighted by Crippen LogP contribution is 2.34. The van der Waals surface area contributed by atoms with Gasteiger partial charge in [-0.15, -0.1) is 0 Å². The molecule has 2 N–H and O–H groups in total. The number of aromatic nitrogens is 2. The van der Waals surface area contributed by atoms with E-state index in [1.54, 1.807) is 24.2 Å². The lowest BCUT2D eigenvalue weighted by Crippen LogP contribution is -2.21. The fourth-order valence-corrected chi connectivity index (χ4v) is 2.82. The molecule has 0 aliphatic carbocycles. The smallest absolute Gasteiger partial charge is 0.418 e. The van der Waals surface area contributed by atoms with E-state index < -0.39 is 11.7 Å². The summed E-state index contributed by atoms with van der Waals surface area (Å²) in [4.78, 5) is 0. The maximum atomic E-state index is 13.1. The first-order valence-electron chi connectivity index (χ1n) is 8.25. The van der Waals surface area contributed by atoms with E-state index in [2.05, 4.69) is 15.7 Å². The highest BCUT2D eigenvalue weighted by atomic mass is 32.1. The van der Waals surface area contributed by atoms with Crippen molar-refractivity contribution in [2.24, 2.45) is 0 Å². The van der Waals surface area contributed by atoms with Crippen LogP contribution in [0, 0.1) is 0 Å². The van der Waals surface area contributed by atoms with Gasteiger partial charge in [-0.05, 0) is 42.0 Å². The predicted octanol–water partition coefficient (Wildman–Crippen LogP) is 4.77. The van der Waals surface area contributed by atoms with E-state index in [4.69, 9.17) is 17.0 Å². The number of anilines is 2. The van der Waals surface area contributed by atoms with Crippen molar-refractivity contribution < 1.29 is 17.9 Å². The zero-order chi connectivity index (χ0) is 20.1. The van der Waals surface area contributed by atoms with Gasteiger partial charge in [0, 0.05) is 6.20 Å². The third kappa shape index (κ3) is 5.01. The van der Waals surface area contributed by atoms with Crippen molar-refractivity contribution in [3.05, 3.63) is 72.1 Å². The Balaban J connectivity index is 1.65. The molecule has 0 aliphatic rings. The van der Waals surface area contributed by atoms with Crippen molar-refractivity contribution in [2.45, 2.75) is 12.7 Å². The van der Waals surface area contributed by atoms with Gasteiger partial charge in [0.1, 0.15) is 5.75 Å². The standard InChI is InChI=1S/C19H17F3N4OS/c1-27-15-6-4-5-13(9-15)11-26-12-14(10-23-26)24-18(28)25-17-8-3-2-7-16(17)19(20,21)22/h2-10,12H,11H2,1H3,(H2,24,25,28). The van der Waals surface area contributed by atoms with E-state index in [0.29, 0.717) is 12.2 Å². The van der Waals surface area contributed by atoms with Gasteiger partial charge in [0.15, 0.2) is 5.11 Å². The molecular formula is C19H17F3N4OS. The van der Waals surface area contributed by atoms with E-state index in [-0.39, 0.29) is 10.8 Å². The van der Waals surface area contributed by atoms with E-state index in [1.165, 1.54) is 18.2 Å². The van der Waals surface area contributed by atoms with Crippen LogP contribution in [0.2, 0.25) is 0 Å². The summed E-state index contributed by atoms with van der Waals surface area (Å²) in [5.41, 5.74) is 0.655. The maximum Gasteiger partial charge on any atom is 0.418 e. The van der Waals surface area contributed by atoms with Crippen molar-refractivity contribution in [3.8, 4) is 5.75 Å². The number of nitrogens with zero attached hydrogens (tertiary/aromatic N) is 2. The van der Waals surface area contributed by atoms with Gasteiger partial charge in [0.25, 0.3) is 0 Å². The molecular weight excluding hydrogens is 389 g/mol. The van der Waals surface area contributed by atoms with E-state index in [0.717, 1.165) is 17.4 Å². The van der Waals surface area contributed by atoms with Crippen molar-refractivity contribution in [3.63, 3.8) is 0 Å². The highest BCUT2D eigenvalue weighted by Gasteiger charge is 2.33. The zero-order valence-electron chi connectivity index (χ0n) is 14.8. The topological polar surface area (TPSA) is 51.1 Å². The Morgan fingerprint density at radius 2 is 1.93 bits per heavy atom. The molecule has 0 unspecified atom stereocenters. The van der Waals surface area contributed by atoms with Gasteiger partial charge >= 0.3 is 6.18 Å². The molecule has 0 radical (unpaired) electrons. The molecule has 5 nitrogen and oxygen atoms in total. The third-order valence-electron chi connectivity index (χ3n) is 3.85. The second-order valence-corrected chi connectivity index (χ2v) is 6.31. The van der Waals surface area contributed by atoms with E-state index in [1.807, 2.05) is 24.3 Å². The Kier molecular flexibility index (Phi) is 5.84. The minimum atomic E-state index is -4.47. The first-order chi connectivity index (χ1) is 13.3. The number of methoxy groups -OCH3 is 1. The molecule has 146 valence electrons. The Bertz CT molecular complexity index is 972. The summed E-state index contributed by atoms with van der Waals surface area (Å²) in [5, 5.41) is 9.70. The van der Waals surface area contributed by atoms with Crippen molar-refractivity contribution in [1.82, 2.24) is 9.78 Å². The quantitative estimate of drug-likeness (QED) is 0.598. The number of hydrogen-bond donors (Lipinski definition) is 2. The normalized spacial score (nSPS) is 11.1. The van der Waals surface area contributed by atoms with Gasteiger partial charge in [-0.3, -0.25) is 4.68 Å². The number of para-hydroxylation sites is 1. The summed E-state index contributed by atoms with van der Waals surface area (Å²) >= 11 is 5.13. The van der Waals surface area contributed by atoms with Gasteiger partial charge in [-0.25, -0.2) is 0 Å². The summed E-state index contributed by atoms with van der Waals surface area (Å²) in [5.74, 6) is 0.747. The average Bonchev–Trinajstić information content (AvgIpc) is 3.08. The van der Waals surface area contributed by atoms with Crippen LogP contribution in [-0.2, 0) is 12.7 Å². The fraction of sp³-hybridized carbons (Fsp3) is 0.158. The number of thiocarbonyl (C=S) groups is 1. The van der Waals surface area contributed by atoms with Crippen molar-refractivity contribution in [2.75, 3.05) is 17.7 Å². The van der Waals surface area contributed by atoms with Crippen molar-refractivity contribution in [1.29, 1.82) is 0 Å². The molecule has 0 fully saturated rings. The third-order valence-corrected chi connectivity index (χ3v) is 4.05. The monoisotopic (exact) mass is 406 g/mol. The van der Waals surface area contributed by atoms with Gasteiger partial charge < -0.3 is 15.4 Å². The van der Waals surface area contributed by atoms with Gasteiger partial charge in [-0.2, -0.15) is 18.3 Å². The molecule has 0 amide bonds. The van der Waals surface area contributed by atoms with Gasteiger partial charge in [0.2, 0.25) is 0 Å². The lowest BCUT2D eigenvalue weighted by Gasteiger charge is -2.15. The largest absolute Gasteiger partial charge is 0.497 e. The molecule has 0 spiro atoms. The van der Waals surface area contributed by atoms with Crippen LogP contribution in [-0.4, -0.2) is 22.0 Å². The SMILES string of the molecule is COc1cccc(Cn2cc(NC(=S)Nc3ccccc3C(F)(F)F)cn2)c1. The Labute approximate surface area is 165 Å². The number of rotatable bonds is 5. The number of nitrogens with one attached hydrogen (secondary N) is 2. The van der Waals surface area contributed by atoms with Crippen LogP contribution in [0.5, 0.6) is 5.75 Å². The molecule has 2 aromatic carbocycles. The predicted molar refractivity (Wildman–Crippen MR) is 106 cm³/mol. The molecule has 28 heavy (non-hydrogen) atoms. The van der Waals surface area contributed by atoms with E-state index >= 15 is 0 Å². The summed E-state index contributed by atoms with van der Waals surface area (Å²) < 4.78 is 46.1.